The Morgan fingerprint density at radius 1 is 1.53 bits per heavy atom. The van der Waals surface area contributed by atoms with E-state index >= 15 is 0 Å². The molecule has 3 N–H and O–H groups in total. The van der Waals surface area contributed by atoms with Crippen LogP contribution in [0, 0.1) is 0 Å². The zero-order valence-electron chi connectivity index (χ0n) is 7.92. The molecule has 1 rings (SSSR count). The number of nitrogens with zero attached hydrogens (tertiary/aromatic N) is 1. The number of hydrazine groups is 1. The standard InChI is InChI=1S/C8H12F3N3S/c9-8(10,11)2-1-6(14-12)3-7-4-13-5-15-7/h4-6,14H,1-3,12H2. The van der Waals surface area contributed by atoms with Crippen molar-refractivity contribution in [2.75, 3.05) is 0 Å². The van der Waals surface area contributed by atoms with Crippen LogP contribution < -0.4 is 11.3 Å². The van der Waals surface area contributed by atoms with Gasteiger partial charge in [-0.3, -0.25) is 16.3 Å². The normalized spacial score (nSPS) is 14.1. The van der Waals surface area contributed by atoms with Crippen LogP contribution in [0.2, 0.25) is 0 Å². The Morgan fingerprint density at radius 3 is 2.73 bits per heavy atom. The molecule has 0 fully saturated rings. The molecule has 0 aliphatic carbocycles. The van der Waals surface area contributed by atoms with Crippen molar-refractivity contribution < 1.29 is 13.2 Å². The summed E-state index contributed by atoms with van der Waals surface area (Å²) in [6.07, 6.45) is -2.83. The quantitative estimate of drug-likeness (QED) is 0.609. The summed E-state index contributed by atoms with van der Waals surface area (Å²) in [5.74, 6) is 5.19. The van der Waals surface area contributed by atoms with Crippen LogP contribution in [0.3, 0.4) is 0 Å². The van der Waals surface area contributed by atoms with Gasteiger partial charge in [-0.15, -0.1) is 11.3 Å². The predicted molar refractivity (Wildman–Crippen MR) is 52.2 cm³/mol. The Hall–Kier alpha value is -0.660. The fourth-order valence-corrected chi connectivity index (χ4v) is 1.84. The van der Waals surface area contributed by atoms with Crippen molar-refractivity contribution >= 4 is 11.3 Å². The smallest absolute Gasteiger partial charge is 0.271 e. The van der Waals surface area contributed by atoms with Gasteiger partial charge in [-0.05, 0) is 6.42 Å². The first-order valence-corrected chi connectivity index (χ1v) is 5.29. The molecule has 7 heteroatoms. The average Bonchev–Trinajstić information content (AvgIpc) is 2.63. The Kier molecular flexibility index (Phi) is 4.49. The average molecular weight is 239 g/mol. The lowest BCUT2D eigenvalue weighted by Gasteiger charge is -2.15. The van der Waals surface area contributed by atoms with Crippen LogP contribution in [0.25, 0.3) is 0 Å². The third-order valence-corrected chi connectivity index (χ3v) is 2.74. The Labute approximate surface area is 89.5 Å². The van der Waals surface area contributed by atoms with E-state index in [0.717, 1.165) is 4.88 Å². The summed E-state index contributed by atoms with van der Waals surface area (Å²) in [6, 6.07) is -0.355. The molecule has 1 aromatic heterocycles. The summed E-state index contributed by atoms with van der Waals surface area (Å²) in [7, 11) is 0. The molecule has 86 valence electrons. The molecular formula is C8H12F3N3S. The van der Waals surface area contributed by atoms with E-state index in [1.54, 1.807) is 11.7 Å². The van der Waals surface area contributed by atoms with Gasteiger partial charge < -0.3 is 0 Å². The number of nitrogens with two attached hydrogens (primary N) is 1. The molecule has 0 saturated carbocycles. The lowest BCUT2D eigenvalue weighted by Crippen LogP contribution is -2.37. The van der Waals surface area contributed by atoms with Gasteiger partial charge in [0.25, 0.3) is 0 Å². The van der Waals surface area contributed by atoms with Crippen LogP contribution in [0.1, 0.15) is 17.7 Å². The van der Waals surface area contributed by atoms with Crippen molar-refractivity contribution in [1.82, 2.24) is 10.4 Å². The molecule has 0 saturated heterocycles. The fourth-order valence-electron chi connectivity index (χ4n) is 1.17. The highest BCUT2D eigenvalue weighted by Gasteiger charge is 2.28. The molecule has 0 amide bonds. The van der Waals surface area contributed by atoms with Crippen LogP contribution in [0.4, 0.5) is 13.2 Å². The van der Waals surface area contributed by atoms with Gasteiger partial charge in [0.2, 0.25) is 0 Å². The number of nitrogens with one attached hydrogen (secondary N) is 1. The topological polar surface area (TPSA) is 50.9 Å². The maximum atomic E-state index is 12.0. The zero-order valence-corrected chi connectivity index (χ0v) is 8.74. The third kappa shape index (κ3) is 5.10. The number of halogens is 3. The summed E-state index contributed by atoms with van der Waals surface area (Å²) < 4.78 is 35.9. The van der Waals surface area contributed by atoms with Gasteiger partial charge in [-0.1, -0.05) is 0 Å². The molecule has 0 aliphatic heterocycles. The van der Waals surface area contributed by atoms with Crippen LogP contribution in [-0.4, -0.2) is 17.2 Å². The monoisotopic (exact) mass is 239 g/mol. The van der Waals surface area contributed by atoms with Crippen LogP contribution >= 0.6 is 11.3 Å². The van der Waals surface area contributed by atoms with E-state index in [1.807, 2.05) is 0 Å². The van der Waals surface area contributed by atoms with Gasteiger partial charge in [0.15, 0.2) is 0 Å². The van der Waals surface area contributed by atoms with E-state index in [1.165, 1.54) is 11.3 Å². The molecule has 1 aromatic rings. The number of alkyl halides is 3. The molecule has 0 aromatic carbocycles. The molecule has 0 spiro atoms. The highest BCUT2D eigenvalue weighted by Crippen LogP contribution is 2.23. The van der Waals surface area contributed by atoms with Crippen LogP contribution in [0.5, 0.6) is 0 Å². The number of hydrogen-bond acceptors (Lipinski definition) is 4. The van der Waals surface area contributed by atoms with E-state index in [4.69, 9.17) is 5.84 Å². The number of rotatable bonds is 5. The summed E-state index contributed by atoms with van der Waals surface area (Å²) in [4.78, 5) is 4.78. The van der Waals surface area contributed by atoms with Crippen molar-refractivity contribution in [2.24, 2.45) is 5.84 Å². The largest absolute Gasteiger partial charge is 0.389 e. The van der Waals surface area contributed by atoms with E-state index in [9.17, 15) is 13.2 Å². The van der Waals surface area contributed by atoms with Crippen molar-refractivity contribution in [1.29, 1.82) is 0 Å². The minimum atomic E-state index is -4.12. The van der Waals surface area contributed by atoms with Crippen LogP contribution in [-0.2, 0) is 6.42 Å². The van der Waals surface area contributed by atoms with E-state index in [0.29, 0.717) is 6.42 Å². The molecule has 3 nitrogen and oxygen atoms in total. The molecule has 0 aliphatic rings. The highest BCUT2D eigenvalue weighted by atomic mass is 32.1. The Morgan fingerprint density at radius 2 is 2.27 bits per heavy atom. The van der Waals surface area contributed by atoms with Gasteiger partial charge >= 0.3 is 6.18 Å². The highest BCUT2D eigenvalue weighted by molar-refractivity contribution is 7.09. The number of hydrogen-bond donors (Lipinski definition) is 2. The first-order valence-electron chi connectivity index (χ1n) is 4.41. The van der Waals surface area contributed by atoms with Gasteiger partial charge in [-0.2, -0.15) is 13.2 Å². The van der Waals surface area contributed by atoms with E-state index in [-0.39, 0.29) is 12.5 Å². The number of thiazole rings is 1. The van der Waals surface area contributed by atoms with Crippen LogP contribution in [0.15, 0.2) is 11.7 Å². The minimum Gasteiger partial charge on any atom is -0.271 e. The van der Waals surface area contributed by atoms with Gasteiger partial charge in [0.05, 0.1) is 5.51 Å². The van der Waals surface area contributed by atoms with E-state index in [2.05, 4.69) is 10.4 Å². The Balaban J connectivity index is 2.36. The van der Waals surface area contributed by atoms with Crippen molar-refractivity contribution in [3.63, 3.8) is 0 Å². The molecule has 0 bridgehead atoms. The predicted octanol–water partition coefficient (Wildman–Crippen LogP) is 1.86. The summed E-state index contributed by atoms with van der Waals surface area (Å²) >= 11 is 1.41. The van der Waals surface area contributed by atoms with Crippen molar-refractivity contribution in [2.45, 2.75) is 31.5 Å². The second kappa shape index (κ2) is 5.43. The SMILES string of the molecule is NNC(CCC(F)(F)F)Cc1cncs1. The minimum absolute atomic E-state index is 0.0160. The number of aromatic nitrogens is 1. The fraction of sp³-hybridized carbons (Fsp3) is 0.625. The van der Waals surface area contributed by atoms with Gasteiger partial charge in [0.1, 0.15) is 0 Å². The summed E-state index contributed by atoms with van der Waals surface area (Å²) in [6.45, 7) is 0. The first kappa shape index (κ1) is 12.4. The second-order valence-electron chi connectivity index (χ2n) is 3.19. The maximum absolute atomic E-state index is 12.0. The third-order valence-electron chi connectivity index (χ3n) is 1.94. The first-order chi connectivity index (χ1) is 7.01. The molecule has 15 heavy (non-hydrogen) atoms. The molecule has 1 unspecified atom stereocenters. The maximum Gasteiger partial charge on any atom is 0.389 e. The zero-order chi connectivity index (χ0) is 11.3. The van der Waals surface area contributed by atoms with Gasteiger partial charge in [-0.25, -0.2) is 0 Å². The molecule has 0 radical (unpaired) electrons. The molecular weight excluding hydrogens is 227 g/mol. The lowest BCUT2D eigenvalue weighted by molar-refractivity contribution is -0.136. The van der Waals surface area contributed by atoms with E-state index < -0.39 is 12.6 Å². The second-order valence-corrected chi connectivity index (χ2v) is 4.16. The van der Waals surface area contributed by atoms with Crippen molar-refractivity contribution in [3.05, 3.63) is 16.6 Å². The molecule has 1 heterocycles. The lowest BCUT2D eigenvalue weighted by atomic mass is 10.1. The molecule has 1 atom stereocenters. The summed E-state index contributed by atoms with van der Waals surface area (Å²) in [5.41, 5.74) is 4.04. The van der Waals surface area contributed by atoms with Gasteiger partial charge in [0, 0.05) is 30.0 Å². The van der Waals surface area contributed by atoms with Crippen molar-refractivity contribution in [3.8, 4) is 0 Å². The summed E-state index contributed by atoms with van der Waals surface area (Å²) in [5, 5.41) is 0. The Bertz CT molecular complexity index is 273.